The average molecular weight is 286 g/mol. The van der Waals surface area contributed by atoms with Gasteiger partial charge in [-0.3, -0.25) is 0 Å². The predicted molar refractivity (Wildman–Crippen MR) is 91.2 cm³/mol. The van der Waals surface area contributed by atoms with E-state index in [0.717, 1.165) is 6.54 Å². The van der Waals surface area contributed by atoms with Crippen molar-refractivity contribution in [2.75, 3.05) is 18.0 Å². The van der Waals surface area contributed by atoms with Gasteiger partial charge in [0.1, 0.15) is 0 Å². The monoisotopic (exact) mass is 286 g/mol. The van der Waals surface area contributed by atoms with E-state index < -0.39 is 0 Å². The van der Waals surface area contributed by atoms with E-state index in [2.05, 4.69) is 56.1 Å². The van der Waals surface area contributed by atoms with Gasteiger partial charge in [-0.15, -0.1) is 0 Å². The van der Waals surface area contributed by atoms with Gasteiger partial charge >= 0.3 is 0 Å². The smallest absolute Gasteiger partial charge is 0.0399 e. The number of hydrogen-bond acceptors (Lipinski definition) is 2. The van der Waals surface area contributed by atoms with Gasteiger partial charge in [0, 0.05) is 29.9 Å². The predicted octanol–water partition coefficient (Wildman–Crippen LogP) is 4.19. The molecule has 1 saturated carbocycles. The Balaban J connectivity index is 1.92. The van der Waals surface area contributed by atoms with Crippen LogP contribution in [0.1, 0.15) is 57.1 Å². The van der Waals surface area contributed by atoms with Crippen LogP contribution >= 0.6 is 0 Å². The second kappa shape index (κ2) is 5.31. The summed E-state index contributed by atoms with van der Waals surface area (Å²) in [6.45, 7) is 11.4. The quantitative estimate of drug-likeness (QED) is 0.832. The van der Waals surface area contributed by atoms with Crippen molar-refractivity contribution in [2.24, 2.45) is 0 Å². The fourth-order valence-electron chi connectivity index (χ4n) is 4.44. The van der Waals surface area contributed by atoms with Crippen molar-refractivity contribution in [3.05, 3.63) is 29.3 Å². The Labute approximate surface area is 129 Å². The maximum atomic E-state index is 4.00. The minimum atomic E-state index is 0.186. The van der Waals surface area contributed by atoms with Crippen LogP contribution in [-0.4, -0.2) is 24.2 Å². The molecule has 1 N–H and O–H groups in total. The molecule has 21 heavy (non-hydrogen) atoms. The molecule has 0 bridgehead atoms. The maximum absolute atomic E-state index is 4.00. The Morgan fingerprint density at radius 3 is 2.43 bits per heavy atom. The van der Waals surface area contributed by atoms with Crippen LogP contribution in [0.25, 0.3) is 0 Å². The molecule has 1 heterocycles. The van der Waals surface area contributed by atoms with E-state index in [1.54, 1.807) is 0 Å². The largest absolute Gasteiger partial charge is 0.368 e. The molecule has 2 heteroatoms. The zero-order valence-electron chi connectivity index (χ0n) is 14.1. The first kappa shape index (κ1) is 14.9. The van der Waals surface area contributed by atoms with Crippen LogP contribution in [0.4, 0.5) is 5.69 Å². The summed E-state index contributed by atoms with van der Waals surface area (Å²) in [5.74, 6) is 0. The number of anilines is 1. The van der Waals surface area contributed by atoms with Crippen molar-refractivity contribution in [2.45, 2.75) is 70.9 Å². The third-order valence-electron chi connectivity index (χ3n) is 5.20. The molecule has 116 valence electrons. The van der Waals surface area contributed by atoms with Crippen LogP contribution in [0, 0.1) is 13.8 Å². The van der Waals surface area contributed by atoms with Gasteiger partial charge < -0.3 is 10.2 Å². The Kier molecular flexibility index (Phi) is 3.77. The SMILES string of the molecule is Cc1ccc(C)c(N2CC(C)(C)NC3(CCCCC3)C2)c1. The first-order chi connectivity index (χ1) is 9.89. The summed E-state index contributed by atoms with van der Waals surface area (Å²) in [4.78, 5) is 2.64. The number of aryl methyl sites for hydroxylation is 2. The number of nitrogens with zero attached hydrogens (tertiary/aromatic N) is 1. The number of benzene rings is 1. The zero-order chi connectivity index (χ0) is 15.1. The van der Waals surface area contributed by atoms with E-state index in [1.165, 1.54) is 55.5 Å². The van der Waals surface area contributed by atoms with E-state index in [1.807, 2.05) is 0 Å². The third-order valence-corrected chi connectivity index (χ3v) is 5.20. The molecule has 1 aromatic carbocycles. The highest BCUT2D eigenvalue weighted by atomic mass is 15.3. The van der Waals surface area contributed by atoms with E-state index in [4.69, 9.17) is 0 Å². The maximum Gasteiger partial charge on any atom is 0.0399 e. The number of nitrogens with one attached hydrogen (secondary N) is 1. The molecular weight excluding hydrogens is 256 g/mol. The Morgan fingerprint density at radius 1 is 1.00 bits per heavy atom. The van der Waals surface area contributed by atoms with E-state index >= 15 is 0 Å². The van der Waals surface area contributed by atoms with E-state index in [9.17, 15) is 0 Å². The molecule has 1 aliphatic carbocycles. The molecule has 1 spiro atoms. The van der Waals surface area contributed by atoms with Crippen LogP contribution < -0.4 is 10.2 Å². The first-order valence-electron chi connectivity index (χ1n) is 8.51. The lowest BCUT2D eigenvalue weighted by Gasteiger charge is -2.54. The third kappa shape index (κ3) is 3.11. The van der Waals surface area contributed by atoms with Crippen molar-refractivity contribution in [1.82, 2.24) is 5.32 Å². The van der Waals surface area contributed by atoms with Crippen molar-refractivity contribution < 1.29 is 0 Å². The second-order valence-corrected chi connectivity index (χ2v) is 8.00. The molecule has 1 saturated heterocycles. The summed E-state index contributed by atoms with van der Waals surface area (Å²) >= 11 is 0. The lowest BCUT2D eigenvalue weighted by molar-refractivity contribution is 0.146. The van der Waals surface area contributed by atoms with Crippen molar-refractivity contribution in [1.29, 1.82) is 0 Å². The number of piperazine rings is 1. The minimum absolute atomic E-state index is 0.186. The number of hydrogen-bond donors (Lipinski definition) is 1. The fraction of sp³-hybridized carbons (Fsp3) is 0.684. The van der Waals surface area contributed by atoms with E-state index in [-0.39, 0.29) is 5.54 Å². The molecule has 2 aliphatic rings. The standard InChI is InChI=1S/C19H30N2/c1-15-8-9-16(2)17(12-15)21-13-18(3,4)20-19(14-21)10-6-5-7-11-19/h8-9,12,20H,5-7,10-11,13-14H2,1-4H3. The summed E-state index contributed by atoms with van der Waals surface area (Å²) in [5.41, 5.74) is 4.73. The van der Waals surface area contributed by atoms with Crippen LogP contribution in [0.5, 0.6) is 0 Å². The normalized spacial score (nSPS) is 24.3. The van der Waals surface area contributed by atoms with Gasteiger partial charge in [-0.05, 0) is 57.7 Å². The minimum Gasteiger partial charge on any atom is -0.368 e. The molecule has 0 amide bonds. The van der Waals surface area contributed by atoms with Gasteiger partial charge in [-0.2, -0.15) is 0 Å². The van der Waals surface area contributed by atoms with Crippen LogP contribution in [0.2, 0.25) is 0 Å². The van der Waals surface area contributed by atoms with Gasteiger partial charge in [0.2, 0.25) is 0 Å². The van der Waals surface area contributed by atoms with Crippen molar-refractivity contribution >= 4 is 5.69 Å². The van der Waals surface area contributed by atoms with Gasteiger partial charge in [-0.1, -0.05) is 31.4 Å². The summed E-state index contributed by atoms with van der Waals surface area (Å²) in [6, 6.07) is 6.86. The molecule has 0 aromatic heterocycles. The lowest BCUT2D eigenvalue weighted by Crippen LogP contribution is -2.69. The highest BCUT2D eigenvalue weighted by Crippen LogP contribution is 2.37. The molecule has 3 rings (SSSR count). The van der Waals surface area contributed by atoms with Gasteiger partial charge in [-0.25, -0.2) is 0 Å². The topological polar surface area (TPSA) is 15.3 Å². The van der Waals surface area contributed by atoms with E-state index in [0.29, 0.717) is 5.54 Å². The highest BCUT2D eigenvalue weighted by Gasteiger charge is 2.43. The first-order valence-corrected chi connectivity index (χ1v) is 8.51. The second-order valence-electron chi connectivity index (χ2n) is 8.00. The van der Waals surface area contributed by atoms with Gasteiger partial charge in [0.05, 0.1) is 0 Å². The van der Waals surface area contributed by atoms with Gasteiger partial charge in [0.25, 0.3) is 0 Å². The molecule has 0 unspecified atom stereocenters. The molecule has 0 atom stereocenters. The molecule has 0 radical (unpaired) electrons. The molecule has 1 aliphatic heterocycles. The summed E-state index contributed by atoms with van der Waals surface area (Å²) < 4.78 is 0. The summed E-state index contributed by atoms with van der Waals surface area (Å²) in [5, 5.41) is 4.00. The summed E-state index contributed by atoms with van der Waals surface area (Å²) in [7, 11) is 0. The lowest BCUT2D eigenvalue weighted by atomic mass is 9.77. The fourth-order valence-corrected chi connectivity index (χ4v) is 4.44. The highest BCUT2D eigenvalue weighted by molar-refractivity contribution is 5.56. The molecule has 1 aromatic rings. The zero-order valence-corrected chi connectivity index (χ0v) is 14.1. The van der Waals surface area contributed by atoms with Crippen molar-refractivity contribution in [3.63, 3.8) is 0 Å². The average Bonchev–Trinajstić information content (AvgIpc) is 2.40. The van der Waals surface area contributed by atoms with Gasteiger partial charge in [0.15, 0.2) is 0 Å². The Morgan fingerprint density at radius 2 is 1.71 bits per heavy atom. The number of rotatable bonds is 1. The Hall–Kier alpha value is -1.02. The summed E-state index contributed by atoms with van der Waals surface area (Å²) in [6.07, 6.45) is 6.83. The van der Waals surface area contributed by atoms with Crippen LogP contribution in [-0.2, 0) is 0 Å². The molecule has 2 nitrogen and oxygen atoms in total. The Bertz CT molecular complexity index is 512. The van der Waals surface area contributed by atoms with Crippen LogP contribution in [0.3, 0.4) is 0 Å². The molecule has 2 fully saturated rings. The van der Waals surface area contributed by atoms with Crippen molar-refractivity contribution in [3.8, 4) is 0 Å². The van der Waals surface area contributed by atoms with Crippen LogP contribution in [0.15, 0.2) is 18.2 Å². The molecular formula is C19H30N2.